The first-order chi connectivity index (χ1) is 10.2. The summed E-state index contributed by atoms with van der Waals surface area (Å²) in [6, 6.07) is 10.2. The van der Waals surface area contributed by atoms with E-state index in [1.807, 2.05) is 30.3 Å². The lowest BCUT2D eigenvalue weighted by molar-refractivity contribution is -0.148. The summed E-state index contributed by atoms with van der Waals surface area (Å²) in [7, 11) is 0. The molecule has 4 heteroatoms. The van der Waals surface area contributed by atoms with E-state index in [1.165, 1.54) is 0 Å². The molecule has 0 saturated carbocycles. The molecule has 0 aliphatic carbocycles. The minimum absolute atomic E-state index is 0.228. The van der Waals surface area contributed by atoms with Crippen LogP contribution < -0.4 is 5.32 Å². The number of rotatable bonds is 4. The quantitative estimate of drug-likeness (QED) is 0.863. The van der Waals surface area contributed by atoms with Crippen LogP contribution in [0.15, 0.2) is 30.3 Å². The molecular weight excluding hydrogens is 264 g/mol. The zero-order valence-electron chi connectivity index (χ0n) is 12.7. The van der Waals surface area contributed by atoms with Gasteiger partial charge in [0.05, 0.1) is 0 Å². The third-order valence-electron chi connectivity index (χ3n) is 4.10. The average molecular weight is 288 g/mol. The van der Waals surface area contributed by atoms with Crippen molar-refractivity contribution in [1.82, 2.24) is 10.2 Å². The van der Waals surface area contributed by atoms with Crippen LogP contribution in [0.1, 0.15) is 38.2 Å². The highest BCUT2D eigenvalue weighted by Gasteiger charge is 2.29. The van der Waals surface area contributed by atoms with E-state index >= 15 is 0 Å². The van der Waals surface area contributed by atoms with Crippen LogP contribution in [-0.4, -0.2) is 35.8 Å². The second kappa shape index (κ2) is 7.81. The predicted molar refractivity (Wildman–Crippen MR) is 82.8 cm³/mol. The van der Waals surface area contributed by atoms with E-state index in [0.717, 1.165) is 37.7 Å². The normalized spacial score (nSPS) is 18.3. The summed E-state index contributed by atoms with van der Waals surface area (Å²) in [5, 5.41) is 2.74. The predicted octanol–water partition coefficient (Wildman–Crippen LogP) is 2.14. The van der Waals surface area contributed by atoms with E-state index < -0.39 is 5.91 Å². The van der Waals surface area contributed by atoms with Gasteiger partial charge in [0, 0.05) is 19.1 Å². The van der Waals surface area contributed by atoms with E-state index in [9.17, 15) is 9.59 Å². The van der Waals surface area contributed by atoms with Crippen LogP contribution in [0.3, 0.4) is 0 Å². The molecule has 0 aromatic heterocycles. The number of carbonyl (C=O) groups is 2. The molecule has 114 valence electrons. The molecule has 1 atom stereocenters. The fourth-order valence-corrected chi connectivity index (χ4v) is 2.86. The van der Waals surface area contributed by atoms with Gasteiger partial charge >= 0.3 is 11.8 Å². The van der Waals surface area contributed by atoms with Crippen molar-refractivity contribution in [2.24, 2.45) is 0 Å². The number of piperidine rings is 1. The molecule has 0 radical (unpaired) electrons. The van der Waals surface area contributed by atoms with Gasteiger partial charge in [-0.2, -0.15) is 0 Å². The van der Waals surface area contributed by atoms with E-state index in [-0.39, 0.29) is 11.9 Å². The Morgan fingerprint density at radius 1 is 1.24 bits per heavy atom. The van der Waals surface area contributed by atoms with Gasteiger partial charge in [0.25, 0.3) is 0 Å². The minimum Gasteiger partial charge on any atom is -0.347 e. The lowest BCUT2D eigenvalue weighted by Crippen LogP contribution is -2.50. The van der Waals surface area contributed by atoms with Crippen molar-refractivity contribution in [3.05, 3.63) is 35.9 Å². The summed E-state index contributed by atoms with van der Waals surface area (Å²) >= 11 is 0. The first-order valence-electron chi connectivity index (χ1n) is 7.85. The first kappa shape index (κ1) is 15.5. The number of nitrogens with zero attached hydrogens (tertiary/aromatic N) is 1. The molecule has 21 heavy (non-hydrogen) atoms. The highest BCUT2D eigenvalue weighted by atomic mass is 16.2. The summed E-state index contributed by atoms with van der Waals surface area (Å²) in [4.78, 5) is 26.0. The standard InChI is InChI=1S/C17H24N2O2/c1-2-15-10-6-7-13-19(15)17(21)16(20)18-12-11-14-8-4-3-5-9-14/h3-5,8-9,15H,2,6-7,10-13H2,1H3,(H,18,20). The number of amides is 2. The van der Waals surface area contributed by atoms with Gasteiger partial charge in [-0.15, -0.1) is 0 Å². The Bertz CT molecular complexity index is 473. The fraction of sp³-hybridized carbons (Fsp3) is 0.529. The summed E-state index contributed by atoms with van der Waals surface area (Å²) in [5.74, 6) is -0.833. The Morgan fingerprint density at radius 3 is 2.71 bits per heavy atom. The van der Waals surface area contributed by atoms with Gasteiger partial charge < -0.3 is 10.2 Å². The molecule has 1 heterocycles. The van der Waals surface area contributed by atoms with Gasteiger partial charge in [0.2, 0.25) is 0 Å². The molecule has 1 unspecified atom stereocenters. The van der Waals surface area contributed by atoms with Crippen molar-refractivity contribution in [2.75, 3.05) is 13.1 Å². The van der Waals surface area contributed by atoms with E-state index in [4.69, 9.17) is 0 Å². The number of benzene rings is 1. The van der Waals surface area contributed by atoms with Crippen molar-refractivity contribution in [3.8, 4) is 0 Å². The van der Waals surface area contributed by atoms with Crippen LogP contribution in [-0.2, 0) is 16.0 Å². The number of carbonyl (C=O) groups excluding carboxylic acids is 2. The van der Waals surface area contributed by atoms with Crippen molar-refractivity contribution < 1.29 is 9.59 Å². The van der Waals surface area contributed by atoms with Crippen LogP contribution in [0.5, 0.6) is 0 Å². The Balaban J connectivity index is 1.80. The zero-order chi connectivity index (χ0) is 15.1. The van der Waals surface area contributed by atoms with Gasteiger partial charge in [0.15, 0.2) is 0 Å². The van der Waals surface area contributed by atoms with Gasteiger partial charge in [-0.3, -0.25) is 9.59 Å². The fourth-order valence-electron chi connectivity index (χ4n) is 2.86. The smallest absolute Gasteiger partial charge is 0.312 e. The molecule has 1 aliphatic rings. The molecule has 1 aliphatic heterocycles. The number of hydrogen-bond donors (Lipinski definition) is 1. The molecule has 1 saturated heterocycles. The van der Waals surface area contributed by atoms with Gasteiger partial charge in [0.1, 0.15) is 0 Å². The van der Waals surface area contributed by atoms with Crippen LogP contribution in [0.25, 0.3) is 0 Å². The molecule has 1 fully saturated rings. The van der Waals surface area contributed by atoms with Gasteiger partial charge in [-0.1, -0.05) is 37.3 Å². The molecule has 2 rings (SSSR count). The topological polar surface area (TPSA) is 49.4 Å². The Labute approximate surface area is 126 Å². The number of hydrogen-bond acceptors (Lipinski definition) is 2. The van der Waals surface area contributed by atoms with Gasteiger partial charge in [-0.25, -0.2) is 0 Å². The van der Waals surface area contributed by atoms with E-state index in [0.29, 0.717) is 13.1 Å². The Morgan fingerprint density at radius 2 is 2.00 bits per heavy atom. The summed E-state index contributed by atoms with van der Waals surface area (Å²) in [5.41, 5.74) is 1.16. The molecule has 4 nitrogen and oxygen atoms in total. The van der Waals surface area contributed by atoms with Crippen LogP contribution in [0.4, 0.5) is 0 Å². The molecule has 0 bridgehead atoms. The SMILES string of the molecule is CCC1CCCCN1C(=O)C(=O)NCCc1ccccc1. The summed E-state index contributed by atoms with van der Waals surface area (Å²) in [6.45, 7) is 3.28. The summed E-state index contributed by atoms with van der Waals surface area (Å²) < 4.78 is 0. The average Bonchev–Trinajstić information content (AvgIpc) is 2.55. The van der Waals surface area contributed by atoms with Crippen molar-refractivity contribution in [3.63, 3.8) is 0 Å². The molecule has 0 spiro atoms. The second-order valence-corrected chi connectivity index (χ2v) is 5.55. The minimum atomic E-state index is -0.466. The van der Waals surface area contributed by atoms with Gasteiger partial charge in [-0.05, 0) is 37.7 Å². The number of nitrogens with one attached hydrogen (secondary N) is 1. The highest BCUT2D eigenvalue weighted by molar-refractivity contribution is 6.35. The third kappa shape index (κ3) is 4.31. The highest BCUT2D eigenvalue weighted by Crippen LogP contribution is 2.19. The maximum Gasteiger partial charge on any atom is 0.312 e. The van der Waals surface area contributed by atoms with Crippen LogP contribution in [0, 0.1) is 0 Å². The maximum atomic E-state index is 12.2. The first-order valence-corrected chi connectivity index (χ1v) is 7.85. The second-order valence-electron chi connectivity index (χ2n) is 5.55. The Kier molecular flexibility index (Phi) is 5.78. The molecular formula is C17H24N2O2. The monoisotopic (exact) mass is 288 g/mol. The van der Waals surface area contributed by atoms with E-state index in [2.05, 4.69) is 12.2 Å². The largest absolute Gasteiger partial charge is 0.347 e. The maximum absolute atomic E-state index is 12.2. The third-order valence-corrected chi connectivity index (χ3v) is 4.10. The van der Waals surface area contributed by atoms with E-state index in [1.54, 1.807) is 4.90 Å². The Hall–Kier alpha value is -1.84. The van der Waals surface area contributed by atoms with Crippen LogP contribution in [0.2, 0.25) is 0 Å². The number of likely N-dealkylation sites (tertiary alicyclic amines) is 1. The zero-order valence-corrected chi connectivity index (χ0v) is 12.7. The lowest BCUT2D eigenvalue weighted by atomic mass is 10.00. The van der Waals surface area contributed by atoms with Crippen molar-refractivity contribution in [2.45, 2.75) is 45.1 Å². The van der Waals surface area contributed by atoms with Crippen molar-refractivity contribution >= 4 is 11.8 Å². The molecule has 1 N–H and O–H groups in total. The summed E-state index contributed by atoms with van der Waals surface area (Å²) in [6.07, 6.45) is 4.83. The molecule has 1 aromatic carbocycles. The van der Waals surface area contributed by atoms with Crippen LogP contribution >= 0.6 is 0 Å². The molecule has 1 aromatic rings. The van der Waals surface area contributed by atoms with Crippen molar-refractivity contribution in [1.29, 1.82) is 0 Å². The lowest BCUT2D eigenvalue weighted by Gasteiger charge is -2.34. The molecule has 2 amide bonds.